The first-order valence-corrected chi connectivity index (χ1v) is 18.4. The number of aromatic nitrogens is 2. The molecule has 14 heteroatoms. The molecule has 246 valence electrons. The van der Waals surface area contributed by atoms with Crippen molar-refractivity contribution >= 4 is 21.8 Å². The lowest BCUT2D eigenvalue weighted by Crippen LogP contribution is -2.37. The predicted octanol–water partition coefficient (Wildman–Crippen LogP) is 4.65. The average molecular weight is 662 g/mol. The highest BCUT2D eigenvalue weighted by atomic mass is 32.2. The number of likely N-dealkylation sites (tertiary alicyclic amines) is 2. The third-order valence-electron chi connectivity index (χ3n) is 8.86. The van der Waals surface area contributed by atoms with E-state index in [-0.39, 0.29) is 24.5 Å². The lowest BCUT2D eigenvalue weighted by atomic mass is 10.0. The van der Waals surface area contributed by atoms with Crippen molar-refractivity contribution in [2.24, 2.45) is 0 Å². The van der Waals surface area contributed by atoms with Crippen molar-refractivity contribution in [2.75, 3.05) is 57.8 Å². The number of halogens is 4. The number of benzene rings is 1. The van der Waals surface area contributed by atoms with Crippen LogP contribution in [0.5, 0.6) is 0 Å². The second-order valence-corrected chi connectivity index (χ2v) is 15.4. The van der Waals surface area contributed by atoms with E-state index in [0.29, 0.717) is 68.0 Å². The third-order valence-corrected chi connectivity index (χ3v) is 11.1. The van der Waals surface area contributed by atoms with Gasteiger partial charge in [-0.3, -0.25) is 4.68 Å². The molecule has 44 heavy (non-hydrogen) atoms. The monoisotopic (exact) mass is 661 g/mol. The van der Waals surface area contributed by atoms with Crippen LogP contribution in [0.4, 0.5) is 17.6 Å². The molecule has 5 rings (SSSR count). The fraction of sp³-hybridized carbons (Fsp3) is 0.700. The van der Waals surface area contributed by atoms with E-state index in [2.05, 4.69) is 9.80 Å². The first kappa shape index (κ1) is 33.6. The van der Waals surface area contributed by atoms with Gasteiger partial charge in [-0.1, -0.05) is 18.9 Å². The fourth-order valence-electron chi connectivity index (χ4n) is 6.44. The summed E-state index contributed by atoms with van der Waals surface area (Å²) in [5.74, 6) is 0.417. The van der Waals surface area contributed by atoms with Gasteiger partial charge in [0.15, 0.2) is 0 Å². The highest BCUT2D eigenvalue weighted by molar-refractivity contribution is 7.99. The van der Waals surface area contributed by atoms with Crippen LogP contribution in [0.3, 0.4) is 0 Å². The molecule has 3 aliphatic rings. The molecule has 1 N–H and O–H groups in total. The van der Waals surface area contributed by atoms with Gasteiger partial charge in [-0.05, 0) is 50.9 Å². The molecule has 0 unspecified atom stereocenters. The first-order chi connectivity index (χ1) is 20.9. The molecule has 0 saturated carbocycles. The van der Waals surface area contributed by atoms with E-state index in [1.54, 1.807) is 4.68 Å². The summed E-state index contributed by atoms with van der Waals surface area (Å²) in [6, 6.07) is 3.98. The largest absolute Gasteiger partial charge is 0.417 e. The minimum Gasteiger partial charge on any atom is -0.390 e. The third kappa shape index (κ3) is 8.55. The minimum absolute atomic E-state index is 0.0692. The maximum atomic E-state index is 14.0. The predicted molar refractivity (Wildman–Crippen MR) is 164 cm³/mol. The molecule has 1 atom stereocenters. The Kier molecular flexibility index (Phi) is 11.0. The number of aliphatic hydroxyl groups is 1. The molecule has 0 spiro atoms. The van der Waals surface area contributed by atoms with Crippen molar-refractivity contribution < 1.29 is 31.1 Å². The van der Waals surface area contributed by atoms with Gasteiger partial charge in [-0.15, -0.1) is 11.8 Å². The first-order valence-electron chi connectivity index (χ1n) is 15.5. The van der Waals surface area contributed by atoms with Crippen LogP contribution in [0.1, 0.15) is 55.3 Å². The Labute approximate surface area is 261 Å². The Balaban J connectivity index is 1.42. The molecular weight excluding hydrogens is 618 g/mol. The SMILES string of the molecule is CS(=O)(=O)N1CCc2c(c(-c3ccc(C(F)(F)F)c(SCCN4CCC(F)CC4)c3)nn2C[C@@H](O)CN2CCCCCC2)C1. The molecule has 0 amide bonds. The Morgan fingerprint density at radius 1 is 1.02 bits per heavy atom. The van der Waals surface area contributed by atoms with E-state index in [1.165, 1.54) is 29.3 Å². The van der Waals surface area contributed by atoms with Gasteiger partial charge in [-0.2, -0.15) is 22.6 Å². The summed E-state index contributed by atoms with van der Waals surface area (Å²) in [7, 11) is -3.51. The van der Waals surface area contributed by atoms with Crippen molar-refractivity contribution in [3.63, 3.8) is 0 Å². The summed E-state index contributed by atoms with van der Waals surface area (Å²) in [5.41, 5.74) is 1.66. The average Bonchev–Trinajstić information content (AvgIpc) is 3.11. The van der Waals surface area contributed by atoms with Crippen molar-refractivity contribution in [1.29, 1.82) is 0 Å². The molecule has 2 saturated heterocycles. The highest BCUT2D eigenvalue weighted by Gasteiger charge is 2.35. The molecule has 1 aromatic heterocycles. The summed E-state index contributed by atoms with van der Waals surface area (Å²) in [4.78, 5) is 4.42. The Bertz CT molecular complexity index is 1370. The standard InChI is InChI=1S/C30H43F4N5O3S2/c1-44(41,42)38-15-10-27-25(21-38)29(35-39(27)20-24(40)19-37-11-4-2-3-5-12-37)22-6-7-26(30(32,33)34)28(18-22)43-17-16-36-13-8-23(31)9-14-36/h6-7,18,23-24,40H,2-5,8-17,19-21H2,1H3/t24-/m0/s1. The molecular formula is C30H43F4N5O3S2. The zero-order chi connectivity index (χ0) is 31.5. The van der Waals surface area contributed by atoms with E-state index in [4.69, 9.17) is 5.10 Å². The zero-order valence-electron chi connectivity index (χ0n) is 25.2. The van der Waals surface area contributed by atoms with Gasteiger partial charge in [-0.25, -0.2) is 12.8 Å². The summed E-state index contributed by atoms with van der Waals surface area (Å²) in [5, 5.41) is 15.8. The molecule has 2 fully saturated rings. The Hall–Kier alpha value is -1.71. The molecule has 1 aromatic carbocycles. The van der Waals surface area contributed by atoms with E-state index in [0.717, 1.165) is 55.7 Å². The number of alkyl halides is 4. The number of sulfonamides is 1. The maximum absolute atomic E-state index is 14.0. The number of thioether (sulfide) groups is 1. The van der Waals surface area contributed by atoms with Crippen molar-refractivity contribution in [1.82, 2.24) is 23.9 Å². The topological polar surface area (TPSA) is 81.9 Å². The lowest BCUT2D eigenvalue weighted by Gasteiger charge is -2.28. The van der Waals surface area contributed by atoms with E-state index in [1.807, 2.05) is 0 Å². The van der Waals surface area contributed by atoms with Crippen LogP contribution in [-0.4, -0.2) is 108 Å². The molecule has 0 radical (unpaired) electrons. The summed E-state index contributed by atoms with van der Waals surface area (Å²) in [6.45, 7) is 4.68. The maximum Gasteiger partial charge on any atom is 0.417 e. The van der Waals surface area contributed by atoms with Crippen LogP contribution in [0.2, 0.25) is 0 Å². The number of hydrogen-bond donors (Lipinski definition) is 1. The molecule has 0 bridgehead atoms. The highest BCUT2D eigenvalue weighted by Crippen LogP contribution is 2.40. The minimum atomic E-state index is -4.54. The normalized spacial score (nSPS) is 20.9. The van der Waals surface area contributed by atoms with Crippen LogP contribution >= 0.6 is 11.8 Å². The van der Waals surface area contributed by atoms with Crippen LogP contribution in [0.15, 0.2) is 23.1 Å². The van der Waals surface area contributed by atoms with Crippen LogP contribution in [0, 0.1) is 0 Å². The Morgan fingerprint density at radius 2 is 1.73 bits per heavy atom. The van der Waals surface area contributed by atoms with Crippen molar-refractivity contribution in [3.05, 3.63) is 35.0 Å². The summed E-state index contributed by atoms with van der Waals surface area (Å²) >= 11 is 1.12. The number of rotatable bonds is 10. The molecule has 8 nitrogen and oxygen atoms in total. The molecule has 0 aliphatic carbocycles. The van der Waals surface area contributed by atoms with Gasteiger partial charge in [0.25, 0.3) is 0 Å². The quantitative estimate of drug-likeness (QED) is 0.294. The smallest absolute Gasteiger partial charge is 0.390 e. The van der Waals surface area contributed by atoms with Gasteiger partial charge in [0.05, 0.1) is 30.2 Å². The van der Waals surface area contributed by atoms with E-state index in [9.17, 15) is 31.1 Å². The lowest BCUT2D eigenvalue weighted by molar-refractivity contribution is -0.139. The van der Waals surface area contributed by atoms with Gasteiger partial charge in [0, 0.05) is 73.2 Å². The molecule has 3 aliphatic heterocycles. The number of nitrogens with zero attached hydrogens (tertiary/aromatic N) is 5. The summed E-state index contributed by atoms with van der Waals surface area (Å²) < 4.78 is 83.6. The van der Waals surface area contributed by atoms with E-state index < -0.39 is 34.0 Å². The number of aliphatic hydroxyl groups excluding tert-OH is 1. The van der Waals surface area contributed by atoms with Crippen LogP contribution < -0.4 is 0 Å². The van der Waals surface area contributed by atoms with Crippen molar-refractivity contribution in [3.8, 4) is 11.3 Å². The zero-order valence-corrected chi connectivity index (χ0v) is 26.9. The number of β-amino-alcohol motifs (C(OH)–C–C–N with tert-alkyl or cyclic N) is 1. The second kappa shape index (κ2) is 14.4. The number of piperidine rings is 1. The molecule has 2 aromatic rings. The van der Waals surface area contributed by atoms with Crippen LogP contribution in [0.25, 0.3) is 11.3 Å². The molecule has 4 heterocycles. The van der Waals surface area contributed by atoms with E-state index >= 15 is 0 Å². The summed E-state index contributed by atoms with van der Waals surface area (Å²) in [6.07, 6.45) is 0.939. The fourth-order valence-corrected chi connectivity index (χ4v) is 8.34. The number of hydrogen-bond acceptors (Lipinski definition) is 7. The number of fused-ring (bicyclic) bond motifs is 1. The van der Waals surface area contributed by atoms with Crippen molar-refractivity contribution in [2.45, 2.75) is 81.4 Å². The van der Waals surface area contributed by atoms with Gasteiger partial charge < -0.3 is 14.9 Å². The van der Waals surface area contributed by atoms with Gasteiger partial charge >= 0.3 is 6.18 Å². The Morgan fingerprint density at radius 3 is 2.39 bits per heavy atom. The van der Waals surface area contributed by atoms with Crippen LogP contribution in [-0.2, 0) is 35.7 Å². The van der Waals surface area contributed by atoms with Gasteiger partial charge in [0.2, 0.25) is 10.0 Å². The second-order valence-electron chi connectivity index (χ2n) is 12.2. The van der Waals surface area contributed by atoms with Gasteiger partial charge in [0.1, 0.15) is 6.17 Å².